The zero-order chi connectivity index (χ0) is 43.2. The van der Waals surface area contributed by atoms with Gasteiger partial charge in [0, 0.05) is 60.5 Å². The van der Waals surface area contributed by atoms with Crippen LogP contribution in [0.2, 0.25) is 0 Å². The van der Waals surface area contributed by atoms with E-state index in [0.717, 1.165) is 86.7 Å². The minimum Gasteiger partial charge on any atom is -0.436 e. The number of hydrogen-bond acceptors (Lipinski definition) is 8. The molecule has 4 aliphatic rings. The first-order chi connectivity index (χ1) is 30.8. The van der Waals surface area contributed by atoms with E-state index in [1.807, 2.05) is 94.7 Å². The maximum Gasteiger partial charge on any atom is 0.243 e. The molecule has 0 spiro atoms. The number of rotatable bonds is 14. The Morgan fingerprint density at radius 1 is 0.603 bits per heavy atom. The minimum absolute atomic E-state index is 0.109. The lowest BCUT2D eigenvalue weighted by atomic mass is 9.87. The van der Waals surface area contributed by atoms with Gasteiger partial charge < -0.3 is 35.5 Å². The average Bonchev–Trinajstić information content (AvgIpc) is 4.17. The summed E-state index contributed by atoms with van der Waals surface area (Å²) >= 11 is 0. The van der Waals surface area contributed by atoms with Gasteiger partial charge in [-0.2, -0.15) is 0 Å². The summed E-state index contributed by atoms with van der Waals surface area (Å²) < 4.78 is 6.15. The van der Waals surface area contributed by atoms with E-state index in [1.165, 1.54) is 0 Å². The first kappa shape index (κ1) is 42.2. The monoisotopic (exact) mass is 847 g/mol. The number of nitrogens with zero attached hydrogens (tertiary/aromatic N) is 3. The Kier molecular flexibility index (Phi) is 12.5. The van der Waals surface area contributed by atoms with E-state index in [4.69, 9.17) is 4.42 Å². The predicted molar refractivity (Wildman–Crippen MR) is 244 cm³/mol. The molecule has 2 unspecified atom stereocenters. The van der Waals surface area contributed by atoms with E-state index >= 15 is 0 Å². The Morgan fingerprint density at radius 3 is 1.51 bits per heavy atom. The Labute approximate surface area is 369 Å². The molecule has 4 atom stereocenters. The molecule has 63 heavy (non-hydrogen) atoms. The lowest BCUT2D eigenvalue weighted by Gasteiger charge is -2.35. The number of nitrogens with one attached hydrogen (secondary N) is 4. The Hall–Kier alpha value is -6.11. The molecule has 4 saturated heterocycles. The molecule has 12 heteroatoms. The van der Waals surface area contributed by atoms with Crippen LogP contribution in [0.1, 0.15) is 75.3 Å². The van der Waals surface area contributed by atoms with Crippen LogP contribution in [0, 0.1) is 0 Å². The number of carbonyl (C=O) groups is 4. The highest BCUT2D eigenvalue weighted by atomic mass is 16.4. The van der Waals surface area contributed by atoms with Crippen LogP contribution in [0.5, 0.6) is 0 Å². The topological polar surface area (TPSA) is 149 Å². The molecular weight excluding hydrogens is 791 g/mol. The number of benzene rings is 4. The van der Waals surface area contributed by atoms with Crippen molar-refractivity contribution in [2.75, 3.05) is 36.8 Å². The molecule has 326 valence electrons. The number of amides is 4. The summed E-state index contributed by atoms with van der Waals surface area (Å²) in [6.45, 7) is 2.97. The van der Waals surface area contributed by atoms with Crippen LogP contribution >= 0.6 is 0 Å². The zero-order valence-electron chi connectivity index (χ0n) is 35.8. The molecule has 5 aromatic rings. The molecule has 4 N–H and O–H groups in total. The third kappa shape index (κ3) is 9.47. The highest BCUT2D eigenvalue weighted by Crippen LogP contribution is 2.34. The van der Waals surface area contributed by atoms with Crippen molar-refractivity contribution in [3.8, 4) is 22.8 Å². The molecule has 4 aromatic carbocycles. The molecule has 0 aliphatic carbocycles. The molecule has 12 nitrogen and oxygen atoms in total. The van der Waals surface area contributed by atoms with Gasteiger partial charge in [-0.05, 0) is 137 Å². The number of likely N-dealkylation sites (tertiary alicyclic amines) is 2. The second kappa shape index (κ2) is 18.7. The van der Waals surface area contributed by atoms with Gasteiger partial charge in [0.1, 0.15) is 11.1 Å². The van der Waals surface area contributed by atoms with Gasteiger partial charge >= 0.3 is 0 Å². The van der Waals surface area contributed by atoms with Crippen LogP contribution in [0.25, 0.3) is 22.8 Å². The molecule has 5 heterocycles. The van der Waals surface area contributed by atoms with Gasteiger partial charge in [0.05, 0.1) is 6.20 Å². The van der Waals surface area contributed by atoms with Crippen molar-refractivity contribution >= 4 is 35.0 Å². The first-order valence-electron chi connectivity index (χ1n) is 22.7. The second-order valence-corrected chi connectivity index (χ2v) is 17.8. The van der Waals surface area contributed by atoms with Crippen LogP contribution in [-0.4, -0.2) is 87.8 Å². The van der Waals surface area contributed by atoms with Gasteiger partial charge in [-0.25, -0.2) is 4.98 Å². The van der Waals surface area contributed by atoms with Crippen molar-refractivity contribution in [3.05, 3.63) is 127 Å². The predicted octanol–water partition coefficient (Wildman–Crippen LogP) is 7.38. The maximum absolute atomic E-state index is 14.1. The van der Waals surface area contributed by atoms with Crippen LogP contribution < -0.4 is 21.3 Å². The molecule has 0 radical (unpaired) electrons. The van der Waals surface area contributed by atoms with Crippen molar-refractivity contribution in [3.63, 3.8) is 0 Å². The quantitative estimate of drug-likeness (QED) is 0.0906. The van der Waals surface area contributed by atoms with Gasteiger partial charge in [-0.3, -0.25) is 19.2 Å². The van der Waals surface area contributed by atoms with Crippen molar-refractivity contribution in [2.45, 2.75) is 100 Å². The molecule has 4 aliphatic heterocycles. The van der Waals surface area contributed by atoms with Gasteiger partial charge in [-0.15, -0.1) is 0 Å². The molecule has 0 bridgehead atoms. The molecule has 4 fully saturated rings. The largest absolute Gasteiger partial charge is 0.436 e. The van der Waals surface area contributed by atoms with E-state index in [1.54, 1.807) is 6.20 Å². The van der Waals surface area contributed by atoms with Gasteiger partial charge in [0.25, 0.3) is 0 Å². The first-order valence-corrected chi connectivity index (χ1v) is 22.7. The SMILES string of the molecule is O=C(C[C@@H]1CCCN1C(=O)C1(Cc2ccccc2)CCCN1)Nc1ccc(-c2cnc(-c3ccc(NC(=O)C[C@@H]4CCCN4C(=O)C4(Cc5ccccc5)CCCN4)cc3)o2)cc1. The van der Waals surface area contributed by atoms with Gasteiger partial charge in [0.2, 0.25) is 29.5 Å². The summed E-state index contributed by atoms with van der Waals surface area (Å²) in [5.74, 6) is 1.00. The van der Waals surface area contributed by atoms with Crippen LogP contribution in [0.15, 0.2) is 120 Å². The normalized spacial score (nSPS) is 23.2. The molecule has 4 amide bonds. The van der Waals surface area contributed by atoms with Gasteiger partial charge in [0.15, 0.2) is 5.76 Å². The second-order valence-electron chi connectivity index (χ2n) is 17.8. The number of anilines is 2. The highest BCUT2D eigenvalue weighted by Gasteiger charge is 2.47. The fraction of sp³-hybridized carbons (Fsp3) is 0.392. The summed E-state index contributed by atoms with van der Waals surface area (Å²) in [4.78, 5) is 63.2. The van der Waals surface area contributed by atoms with Crippen LogP contribution in [-0.2, 0) is 32.0 Å². The van der Waals surface area contributed by atoms with Crippen LogP contribution in [0.3, 0.4) is 0 Å². The molecule has 0 saturated carbocycles. The standard InChI is InChI=1S/C51H57N7O5/c59-45(31-42-15-7-29-57(42)48(61)50(25-9-27-53-50)33-36-11-3-1-4-12-36)55-40-21-17-38(18-22-40)44-35-52-47(63-44)39-19-23-41(24-20-39)56-46(60)32-43-16-8-30-58(43)49(62)51(26-10-28-54-51)34-37-13-5-2-6-14-37/h1-6,11-14,17-24,35,42-43,53-54H,7-10,15-16,25-34H2,(H,55,59)(H,56,60)/t42-,43-,50?,51?/m0/s1. The molecule has 1 aromatic heterocycles. The fourth-order valence-corrected chi connectivity index (χ4v) is 10.3. The minimum atomic E-state index is -0.625. The summed E-state index contributed by atoms with van der Waals surface area (Å²) in [7, 11) is 0. The molecule has 9 rings (SSSR count). The fourth-order valence-electron chi connectivity index (χ4n) is 10.3. The zero-order valence-corrected chi connectivity index (χ0v) is 35.8. The van der Waals surface area contributed by atoms with E-state index in [9.17, 15) is 19.2 Å². The van der Waals surface area contributed by atoms with Gasteiger partial charge in [-0.1, -0.05) is 60.7 Å². The third-order valence-electron chi connectivity index (χ3n) is 13.5. The Balaban J connectivity index is 0.763. The maximum atomic E-state index is 14.1. The van der Waals surface area contributed by atoms with Crippen molar-refractivity contribution in [2.24, 2.45) is 0 Å². The summed E-state index contributed by atoms with van der Waals surface area (Å²) in [6, 6.07) is 34.9. The third-order valence-corrected chi connectivity index (χ3v) is 13.5. The van der Waals surface area contributed by atoms with Crippen molar-refractivity contribution in [1.82, 2.24) is 25.4 Å². The summed E-state index contributed by atoms with van der Waals surface area (Å²) in [5.41, 5.74) is 3.92. The summed E-state index contributed by atoms with van der Waals surface area (Å²) in [5, 5.41) is 13.2. The number of oxazole rings is 1. The summed E-state index contributed by atoms with van der Waals surface area (Å²) in [6.07, 6.45) is 10.3. The van der Waals surface area contributed by atoms with E-state index < -0.39 is 11.1 Å². The molecular formula is C51H57N7O5. The van der Waals surface area contributed by atoms with Crippen molar-refractivity contribution in [1.29, 1.82) is 0 Å². The smallest absolute Gasteiger partial charge is 0.243 e. The Morgan fingerprint density at radius 2 is 1.06 bits per heavy atom. The number of hydrogen-bond donors (Lipinski definition) is 4. The van der Waals surface area contributed by atoms with E-state index in [2.05, 4.69) is 50.5 Å². The lowest BCUT2D eigenvalue weighted by Crippen LogP contribution is -2.57. The highest BCUT2D eigenvalue weighted by molar-refractivity contribution is 5.94. The van der Waals surface area contributed by atoms with E-state index in [-0.39, 0.29) is 48.6 Å². The number of aromatic nitrogens is 1. The number of carbonyl (C=O) groups excluding carboxylic acids is 4. The lowest BCUT2D eigenvalue weighted by molar-refractivity contribution is -0.140. The van der Waals surface area contributed by atoms with Crippen LogP contribution in [0.4, 0.5) is 11.4 Å². The Bertz CT molecular complexity index is 2210. The van der Waals surface area contributed by atoms with E-state index in [0.29, 0.717) is 49.0 Å². The van der Waals surface area contributed by atoms with Crippen molar-refractivity contribution < 1.29 is 23.6 Å². The average molecular weight is 848 g/mol.